The summed E-state index contributed by atoms with van der Waals surface area (Å²) in [5, 5.41) is 9.03. The van der Waals surface area contributed by atoms with E-state index >= 15 is 0 Å². The third kappa shape index (κ3) is 4.14. The summed E-state index contributed by atoms with van der Waals surface area (Å²) < 4.78 is 0. The van der Waals surface area contributed by atoms with Crippen LogP contribution in [0, 0.1) is 6.92 Å². The van der Waals surface area contributed by atoms with Crippen LogP contribution < -0.4 is 0 Å². The van der Waals surface area contributed by atoms with Crippen molar-refractivity contribution < 1.29 is 14.7 Å². The van der Waals surface area contributed by atoms with Crippen LogP contribution in [0.25, 0.3) is 0 Å². The molecule has 0 aliphatic rings. The van der Waals surface area contributed by atoms with Gasteiger partial charge in [-0.15, -0.1) is 0 Å². The van der Waals surface area contributed by atoms with Crippen LogP contribution in [-0.2, 0) is 22.4 Å². The highest BCUT2D eigenvalue weighted by Crippen LogP contribution is 2.12. The van der Waals surface area contributed by atoms with Gasteiger partial charge in [-0.2, -0.15) is 0 Å². The number of hydrogen-bond acceptors (Lipinski definition) is 2. The van der Waals surface area contributed by atoms with Crippen molar-refractivity contribution in [1.29, 1.82) is 0 Å². The van der Waals surface area contributed by atoms with Crippen molar-refractivity contribution in [2.45, 2.75) is 19.8 Å². The quantitative estimate of drug-likeness (QED) is 0.843. The zero-order valence-corrected chi connectivity index (χ0v) is 10.6. The highest BCUT2D eigenvalue weighted by Gasteiger charge is 2.06. The van der Waals surface area contributed by atoms with Gasteiger partial charge in [0.15, 0.2) is 0 Å². The number of aliphatic carboxylic acids is 1. The Morgan fingerprint density at radius 2 is 1.75 bits per heavy atom. The zero-order valence-electron chi connectivity index (χ0n) is 9.00. The lowest BCUT2D eigenvalue weighted by Crippen LogP contribution is -2.06. The fraction of sp³-hybridized carbons (Fsp3) is 0.333. The van der Waals surface area contributed by atoms with E-state index in [9.17, 15) is 9.59 Å². The molecule has 0 fully saturated rings. The molecular weight excluding hydrogens is 272 g/mol. The third-order valence-electron chi connectivity index (χ3n) is 2.10. The van der Waals surface area contributed by atoms with Gasteiger partial charge in [-0.1, -0.05) is 39.7 Å². The molecule has 1 N–H and O–H groups in total. The van der Waals surface area contributed by atoms with Gasteiger partial charge in [0.2, 0.25) is 0 Å². The molecule has 4 heteroatoms. The number of hydrogen-bond donors (Lipinski definition) is 1. The lowest BCUT2D eigenvalue weighted by molar-refractivity contribution is -0.136. The van der Waals surface area contributed by atoms with Crippen LogP contribution in [0.1, 0.15) is 16.7 Å². The van der Waals surface area contributed by atoms with E-state index in [1.54, 1.807) is 6.07 Å². The van der Waals surface area contributed by atoms with Gasteiger partial charge < -0.3 is 5.11 Å². The number of carbonyl (C=O) groups is 2. The van der Waals surface area contributed by atoms with E-state index < -0.39 is 5.97 Å². The first-order valence-electron chi connectivity index (χ1n) is 4.90. The molecule has 16 heavy (non-hydrogen) atoms. The van der Waals surface area contributed by atoms with Crippen LogP contribution in [0.5, 0.6) is 0 Å². The summed E-state index contributed by atoms with van der Waals surface area (Å²) in [6, 6.07) is 5.52. The first-order valence-corrected chi connectivity index (χ1v) is 6.02. The van der Waals surface area contributed by atoms with Gasteiger partial charge in [-0.25, -0.2) is 0 Å². The van der Waals surface area contributed by atoms with Gasteiger partial charge in [0.05, 0.1) is 11.8 Å². The molecule has 0 saturated heterocycles. The Hall–Kier alpha value is -1.16. The lowest BCUT2D eigenvalue weighted by atomic mass is 10.0. The number of rotatable bonds is 5. The second-order valence-corrected chi connectivity index (χ2v) is 4.31. The Bertz CT molecular complexity index is 413. The average Bonchev–Trinajstić information content (AvgIpc) is 2.15. The maximum absolute atomic E-state index is 11.3. The number of carboxylic acids is 1. The largest absolute Gasteiger partial charge is 0.481 e. The normalized spacial score (nSPS) is 10.1. The van der Waals surface area contributed by atoms with E-state index in [-0.39, 0.29) is 12.2 Å². The molecule has 0 saturated carbocycles. The highest BCUT2D eigenvalue weighted by molar-refractivity contribution is 9.09. The van der Waals surface area contributed by atoms with Crippen molar-refractivity contribution in [3.63, 3.8) is 0 Å². The number of carboxylic acid groups (broad SMARTS) is 1. The zero-order chi connectivity index (χ0) is 12.1. The predicted molar refractivity (Wildman–Crippen MR) is 65.0 cm³/mol. The summed E-state index contributed by atoms with van der Waals surface area (Å²) in [5.74, 6) is -0.768. The van der Waals surface area contributed by atoms with Gasteiger partial charge in [0.25, 0.3) is 0 Å². The number of Topliss-reactive ketones (excluding diaryl/α,β-unsaturated/α-hetero) is 1. The smallest absolute Gasteiger partial charge is 0.307 e. The van der Waals surface area contributed by atoms with Gasteiger partial charge in [0, 0.05) is 6.42 Å². The maximum Gasteiger partial charge on any atom is 0.307 e. The SMILES string of the molecule is Cc1cc(CC(=O)O)cc(CC(=O)CBr)c1. The van der Waals surface area contributed by atoms with E-state index in [4.69, 9.17) is 5.11 Å². The van der Waals surface area contributed by atoms with E-state index in [2.05, 4.69) is 15.9 Å². The Morgan fingerprint density at radius 3 is 2.25 bits per heavy atom. The second-order valence-electron chi connectivity index (χ2n) is 3.75. The molecule has 0 atom stereocenters. The number of aryl methyl sites for hydroxylation is 1. The topological polar surface area (TPSA) is 54.4 Å². The summed E-state index contributed by atoms with van der Waals surface area (Å²) in [5.41, 5.74) is 2.60. The first-order chi connectivity index (χ1) is 7.51. The molecule has 0 amide bonds. The number of halogens is 1. The van der Waals surface area contributed by atoms with Crippen molar-refractivity contribution >= 4 is 27.7 Å². The molecule has 0 bridgehead atoms. The van der Waals surface area contributed by atoms with Crippen molar-refractivity contribution in [2.24, 2.45) is 0 Å². The molecule has 0 heterocycles. The average molecular weight is 285 g/mol. The van der Waals surface area contributed by atoms with E-state index in [0.29, 0.717) is 11.8 Å². The summed E-state index contributed by atoms with van der Waals surface area (Å²) in [7, 11) is 0. The van der Waals surface area contributed by atoms with Crippen LogP contribution in [-0.4, -0.2) is 22.2 Å². The molecule has 1 rings (SSSR count). The van der Waals surface area contributed by atoms with Crippen molar-refractivity contribution in [2.75, 3.05) is 5.33 Å². The highest BCUT2D eigenvalue weighted by atomic mass is 79.9. The molecule has 0 aliphatic heterocycles. The van der Waals surface area contributed by atoms with Crippen LogP contribution >= 0.6 is 15.9 Å². The molecule has 1 aromatic carbocycles. The summed E-state index contributed by atoms with van der Waals surface area (Å²) in [4.78, 5) is 21.9. The molecule has 86 valence electrons. The minimum absolute atomic E-state index is 0.00279. The number of benzene rings is 1. The van der Waals surface area contributed by atoms with Crippen molar-refractivity contribution in [3.8, 4) is 0 Å². The summed E-state index contributed by atoms with van der Waals surface area (Å²) in [6.07, 6.45) is 0.344. The lowest BCUT2D eigenvalue weighted by Gasteiger charge is -2.05. The van der Waals surface area contributed by atoms with Crippen LogP contribution in [0.3, 0.4) is 0 Å². The van der Waals surface area contributed by atoms with Gasteiger partial charge in [-0.05, 0) is 18.1 Å². The Kier molecular flexibility index (Phi) is 4.68. The molecule has 1 aromatic rings. The Balaban J connectivity index is 2.89. The monoisotopic (exact) mass is 284 g/mol. The van der Waals surface area contributed by atoms with Gasteiger partial charge in [-0.3, -0.25) is 9.59 Å². The summed E-state index contributed by atoms with van der Waals surface area (Å²) in [6.45, 7) is 1.90. The van der Waals surface area contributed by atoms with E-state index in [0.717, 1.165) is 16.7 Å². The molecule has 0 aromatic heterocycles. The number of ketones is 1. The van der Waals surface area contributed by atoms with E-state index in [1.165, 1.54) is 0 Å². The maximum atomic E-state index is 11.3. The van der Waals surface area contributed by atoms with E-state index in [1.807, 2.05) is 19.1 Å². The minimum Gasteiger partial charge on any atom is -0.481 e. The molecular formula is C12H13BrO3. The molecule has 0 aliphatic carbocycles. The van der Waals surface area contributed by atoms with Crippen LogP contribution in [0.15, 0.2) is 18.2 Å². The fourth-order valence-electron chi connectivity index (χ4n) is 1.60. The van der Waals surface area contributed by atoms with Crippen molar-refractivity contribution in [1.82, 2.24) is 0 Å². The minimum atomic E-state index is -0.858. The fourth-order valence-corrected chi connectivity index (χ4v) is 1.80. The van der Waals surface area contributed by atoms with Gasteiger partial charge in [0.1, 0.15) is 5.78 Å². The van der Waals surface area contributed by atoms with Crippen LogP contribution in [0.4, 0.5) is 0 Å². The standard InChI is InChI=1S/C12H13BrO3/c1-8-2-9(5-11(14)7-13)4-10(3-8)6-12(15)16/h2-4H,5-7H2,1H3,(H,15,16). The Morgan fingerprint density at radius 1 is 1.19 bits per heavy atom. The molecule has 0 spiro atoms. The van der Waals surface area contributed by atoms with Crippen LogP contribution in [0.2, 0.25) is 0 Å². The molecule has 3 nitrogen and oxygen atoms in total. The third-order valence-corrected chi connectivity index (χ3v) is 2.73. The first kappa shape index (κ1) is 12.9. The number of carbonyl (C=O) groups excluding carboxylic acids is 1. The Labute approximate surface area is 103 Å². The predicted octanol–water partition coefficient (Wildman–Crippen LogP) is 2.13. The molecule has 0 unspecified atom stereocenters. The number of alkyl halides is 1. The second kappa shape index (κ2) is 5.80. The molecule has 0 radical (unpaired) electrons. The van der Waals surface area contributed by atoms with Crippen molar-refractivity contribution in [3.05, 3.63) is 34.9 Å². The summed E-state index contributed by atoms with van der Waals surface area (Å²) >= 11 is 3.11. The van der Waals surface area contributed by atoms with Gasteiger partial charge >= 0.3 is 5.97 Å².